The molecular weight excluding hydrogens is 318 g/mol. The first-order valence-corrected chi connectivity index (χ1v) is 8.22. The lowest BCUT2D eigenvalue weighted by molar-refractivity contribution is 0.427. The average Bonchev–Trinajstić information content (AvgIpc) is 2.57. The minimum Gasteiger partial charge on any atom is -0.254 e. The number of aromatic nitrogens is 1. The van der Waals surface area contributed by atoms with Gasteiger partial charge < -0.3 is 0 Å². The van der Waals surface area contributed by atoms with E-state index in [1.54, 1.807) is 18.2 Å². The lowest BCUT2D eigenvalue weighted by atomic mass is 10.2. The van der Waals surface area contributed by atoms with E-state index in [1.807, 2.05) is 0 Å². The Balaban J connectivity index is 2.10. The number of pyridine rings is 1. The van der Waals surface area contributed by atoms with Gasteiger partial charge in [-0.15, -0.1) is 0 Å². The summed E-state index contributed by atoms with van der Waals surface area (Å²) in [7, 11) is -3.48. The van der Waals surface area contributed by atoms with Crippen molar-refractivity contribution < 1.29 is 8.42 Å². The molecule has 2 heterocycles. The van der Waals surface area contributed by atoms with Crippen molar-refractivity contribution in [3.63, 3.8) is 0 Å². The maximum atomic E-state index is 12.2. The van der Waals surface area contributed by atoms with Crippen molar-refractivity contribution in [1.82, 2.24) is 9.29 Å². The Morgan fingerprint density at radius 2 is 1.83 bits per heavy atom. The third-order valence-corrected chi connectivity index (χ3v) is 4.81. The average molecular weight is 334 g/mol. The second kappa shape index (κ2) is 5.99. The van der Waals surface area contributed by atoms with Crippen LogP contribution in [0.3, 0.4) is 0 Å². The van der Waals surface area contributed by atoms with Crippen LogP contribution in [0.2, 0.25) is 0 Å². The fourth-order valence-corrected chi connectivity index (χ4v) is 3.53. The van der Waals surface area contributed by atoms with Crippen LogP contribution in [-0.2, 0) is 10.2 Å². The van der Waals surface area contributed by atoms with Crippen LogP contribution in [0.4, 0.5) is 5.82 Å². The predicted molar refractivity (Wildman–Crippen MR) is 74.5 cm³/mol. The Kier molecular flexibility index (Phi) is 4.58. The third-order valence-electron chi connectivity index (χ3n) is 2.85. The van der Waals surface area contributed by atoms with Crippen molar-refractivity contribution in [2.45, 2.75) is 25.7 Å². The van der Waals surface area contributed by atoms with E-state index in [4.69, 9.17) is 0 Å². The Bertz CT molecular complexity index is 499. The molecule has 1 aromatic heterocycles. The summed E-state index contributed by atoms with van der Waals surface area (Å²) in [5.74, 6) is 0.341. The van der Waals surface area contributed by atoms with Crippen LogP contribution >= 0.6 is 15.9 Å². The summed E-state index contributed by atoms with van der Waals surface area (Å²) in [6.45, 7) is 1.17. The first-order valence-electron chi connectivity index (χ1n) is 5.98. The van der Waals surface area contributed by atoms with Gasteiger partial charge in [0.2, 0.25) is 0 Å². The number of hydrogen-bond donors (Lipinski definition) is 1. The van der Waals surface area contributed by atoms with Crippen LogP contribution in [0.5, 0.6) is 0 Å². The molecule has 0 bridgehead atoms. The highest BCUT2D eigenvalue weighted by Gasteiger charge is 2.23. The van der Waals surface area contributed by atoms with Gasteiger partial charge in [0.15, 0.2) is 0 Å². The van der Waals surface area contributed by atoms with Crippen molar-refractivity contribution in [2.24, 2.45) is 0 Å². The predicted octanol–water partition coefficient (Wildman–Crippen LogP) is 2.38. The maximum Gasteiger partial charge on any atom is 0.302 e. The van der Waals surface area contributed by atoms with Gasteiger partial charge in [0.05, 0.1) is 0 Å². The summed E-state index contributed by atoms with van der Waals surface area (Å²) in [6, 6.07) is 5.14. The van der Waals surface area contributed by atoms with Crippen molar-refractivity contribution in [3.8, 4) is 0 Å². The van der Waals surface area contributed by atoms with Crippen molar-refractivity contribution in [3.05, 3.63) is 22.8 Å². The van der Waals surface area contributed by atoms with Gasteiger partial charge in [0.25, 0.3) is 0 Å². The van der Waals surface area contributed by atoms with E-state index in [-0.39, 0.29) is 0 Å². The summed E-state index contributed by atoms with van der Waals surface area (Å²) >= 11 is 3.22. The molecule has 0 amide bonds. The van der Waals surface area contributed by atoms with Gasteiger partial charge in [-0.3, -0.25) is 4.72 Å². The van der Waals surface area contributed by atoms with E-state index < -0.39 is 10.2 Å². The van der Waals surface area contributed by atoms with Crippen LogP contribution < -0.4 is 4.72 Å². The number of rotatable bonds is 3. The molecule has 1 aromatic rings. The zero-order valence-electron chi connectivity index (χ0n) is 9.97. The third kappa shape index (κ3) is 3.66. The number of nitrogens with one attached hydrogen (secondary N) is 1. The molecule has 1 aliphatic rings. The standard InChI is InChI=1S/C11H16BrN3O2S/c12-10-6-5-7-11(13-10)14-18(16,17)15-8-3-1-2-4-9-15/h5-7H,1-4,8-9H2,(H,13,14). The molecule has 0 unspecified atom stereocenters. The number of halogens is 1. The molecule has 0 aromatic carbocycles. The Hall–Kier alpha value is -0.660. The number of nitrogens with zero attached hydrogens (tertiary/aromatic N) is 2. The van der Waals surface area contributed by atoms with Crippen molar-refractivity contribution >= 4 is 32.0 Å². The quantitative estimate of drug-likeness (QED) is 0.864. The molecule has 0 spiro atoms. The molecular formula is C11H16BrN3O2S. The van der Waals surface area contributed by atoms with E-state index in [2.05, 4.69) is 25.6 Å². The second-order valence-corrected chi connectivity index (χ2v) is 6.75. The lowest BCUT2D eigenvalue weighted by Crippen LogP contribution is -2.36. The van der Waals surface area contributed by atoms with Gasteiger partial charge >= 0.3 is 10.2 Å². The molecule has 1 aliphatic heterocycles. The first-order chi connectivity index (χ1) is 8.58. The molecule has 18 heavy (non-hydrogen) atoms. The zero-order chi connectivity index (χ0) is 13.0. The van der Waals surface area contributed by atoms with E-state index in [9.17, 15) is 8.42 Å². The number of anilines is 1. The zero-order valence-corrected chi connectivity index (χ0v) is 12.4. The first kappa shape index (κ1) is 13.8. The van der Waals surface area contributed by atoms with Crippen LogP contribution in [0, 0.1) is 0 Å². The smallest absolute Gasteiger partial charge is 0.254 e. The largest absolute Gasteiger partial charge is 0.302 e. The molecule has 2 rings (SSSR count). The summed E-state index contributed by atoms with van der Waals surface area (Å²) in [5, 5.41) is 0. The molecule has 0 aliphatic carbocycles. The summed E-state index contributed by atoms with van der Waals surface area (Å²) in [4.78, 5) is 4.08. The highest BCUT2D eigenvalue weighted by Crippen LogP contribution is 2.16. The fraction of sp³-hybridized carbons (Fsp3) is 0.545. The van der Waals surface area contributed by atoms with E-state index in [0.717, 1.165) is 25.7 Å². The van der Waals surface area contributed by atoms with Crippen LogP contribution in [0.1, 0.15) is 25.7 Å². The molecule has 7 heteroatoms. The fourth-order valence-electron chi connectivity index (χ4n) is 1.94. The summed E-state index contributed by atoms with van der Waals surface area (Å²) in [5.41, 5.74) is 0. The highest BCUT2D eigenvalue weighted by atomic mass is 79.9. The van der Waals surface area contributed by atoms with Crippen molar-refractivity contribution in [1.29, 1.82) is 0 Å². The highest BCUT2D eigenvalue weighted by molar-refractivity contribution is 9.10. The molecule has 0 radical (unpaired) electrons. The monoisotopic (exact) mass is 333 g/mol. The van der Waals surface area contributed by atoms with Gasteiger partial charge in [0, 0.05) is 13.1 Å². The van der Waals surface area contributed by atoms with Crippen molar-refractivity contribution in [2.75, 3.05) is 17.8 Å². The summed E-state index contributed by atoms with van der Waals surface area (Å²) in [6.07, 6.45) is 4.04. The molecule has 1 saturated heterocycles. The topological polar surface area (TPSA) is 62.3 Å². The van der Waals surface area contributed by atoms with Crippen LogP contribution in [0.15, 0.2) is 22.8 Å². The number of hydrogen-bond acceptors (Lipinski definition) is 3. The van der Waals surface area contributed by atoms with Gasteiger partial charge in [-0.1, -0.05) is 18.9 Å². The van der Waals surface area contributed by atoms with Gasteiger partial charge in [-0.05, 0) is 40.9 Å². The summed E-state index contributed by atoms with van der Waals surface area (Å²) < 4.78 is 29.0. The van der Waals surface area contributed by atoms with Crippen LogP contribution in [-0.4, -0.2) is 30.8 Å². The van der Waals surface area contributed by atoms with Gasteiger partial charge in [0.1, 0.15) is 10.4 Å². The molecule has 0 atom stereocenters. The van der Waals surface area contributed by atoms with Gasteiger partial charge in [-0.25, -0.2) is 4.98 Å². The Morgan fingerprint density at radius 1 is 1.17 bits per heavy atom. The Labute approximate surface area is 116 Å². The lowest BCUT2D eigenvalue weighted by Gasteiger charge is -2.20. The molecule has 100 valence electrons. The van der Waals surface area contributed by atoms with E-state index in [1.165, 1.54) is 4.31 Å². The van der Waals surface area contributed by atoms with E-state index in [0.29, 0.717) is 23.5 Å². The second-order valence-electron chi connectivity index (χ2n) is 4.27. The maximum absolute atomic E-state index is 12.2. The Morgan fingerprint density at radius 3 is 2.44 bits per heavy atom. The molecule has 0 saturated carbocycles. The molecule has 5 nitrogen and oxygen atoms in total. The minimum atomic E-state index is -3.48. The minimum absolute atomic E-state index is 0.341. The molecule has 1 N–H and O–H groups in total. The van der Waals surface area contributed by atoms with Crippen LogP contribution in [0.25, 0.3) is 0 Å². The normalized spacial score (nSPS) is 18.3. The van der Waals surface area contributed by atoms with E-state index >= 15 is 0 Å². The molecule has 1 fully saturated rings. The van der Waals surface area contributed by atoms with Gasteiger partial charge in [-0.2, -0.15) is 12.7 Å². The SMILES string of the molecule is O=S(=O)(Nc1cccc(Br)n1)N1CCCCCC1.